The van der Waals surface area contributed by atoms with E-state index in [2.05, 4.69) is 10.3 Å². The van der Waals surface area contributed by atoms with Gasteiger partial charge in [-0.2, -0.15) is 0 Å². The fourth-order valence-electron chi connectivity index (χ4n) is 2.56. The molecule has 0 fully saturated rings. The van der Waals surface area contributed by atoms with Crippen LogP contribution in [0.2, 0.25) is 0 Å². The Morgan fingerprint density at radius 1 is 1.14 bits per heavy atom. The molecule has 2 aromatic carbocycles. The van der Waals surface area contributed by atoms with Crippen molar-refractivity contribution < 1.29 is 9.50 Å². The quantitative estimate of drug-likeness (QED) is 0.808. The van der Waals surface area contributed by atoms with Crippen LogP contribution >= 0.6 is 0 Å². The van der Waals surface area contributed by atoms with Crippen LogP contribution in [0.1, 0.15) is 16.8 Å². The maximum absolute atomic E-state index is 13.5. The molecule has 0 aliphatic carbocycles. The SMILES string of the molecule is Cc1ccc(-n2nnc(CO)c2-c2cccc(F)c2)c(C)c1. The normalized spacial score (nSPS) is 10.9. The molecule has 0 unspecified atom stereocenters. The lowest BCUT2D eigenvalue weighted by Gasteiger charge is -2.11. The van der Waals surface area contributed by atoms with Crippen LogP contribution in [0.3, 0.4) is 0 Å². The van der Waals surface area contributed by atoms with Crippen LogP contribution < -0.4 is 0 Å². The highest BCUT2D eigenvalue weighted by molar-refractivity contribution is 5.65. The number of benzene rings is 2. The molecule has 1 aromatic heterocycles. The first kappa shape index (κ1) is 14.4. The van der Waals surface area contributed by atoms with Gasteiger partial charge in [-0.05, 0) is 37.6 Å². The number of aliphatic hydroxyl groups excluding tert-OH is 1. The maximum atomic E-state index is 13.5. The molecule has 0 aliphatic heterocycles. The predicted octanol–water partition coefficient (Wildman–Crippen LogP) is 3.18. The summed E-state index contributed by atoms with van der Waals surface area (Å²) in [6.45, 7) is 3.75. The molecule has 1 heterocycles. The Balaban J connectivity index is 2.23. The molecule has 112 valence electrons. The highest BCUT2D eigenvalue weighted by atomic mass is 19.1. The summed E-state index contributed by atoms with van der Waals surface area (Å²) in [4.78, 5) is 0. The number of hydrogen-bond acceptors (Lipinski definition) is 3. The minimum Gasteiger partial charge on any atom is -0.390 e. The first-order valence-corrected chi connectivity index (χ1v) is 6.99. The topological polar surface area (TPSA) is 50.9 Å². The zero-order valence-corrected chi connectivity index (χ0v) is 12.4. The number of halogens is 1. The first-order valence-electron chi connectivity index (χ1n) is 6.99. The van der Waals surface area contributed by atoms with Gasteiger partial charge in [-0.15, -0.1) is 5.10 Å². The van der Waals surface area contributed by atoms with Gasteiger partial charge < -0.3 is 5.11 Å². The van der Waals surface area contributed by atoms with Crippen molar-refractivity contribution in [1.82, 2.24) is 15.0 Å². The molecule has 0 atom stereocenters. The second-order valence-corrected chi connectivity index (χ2v) is 5.25. The monoisotopic (exact) mass is 297 g/mol. The summed E-state index contributed by atoms with van der Waals surface area (Å²) < 4.78 is 15.2. The van der Waals surface area contributed by atoms with Crippen molar-refractivity contribution >= 4 is 0 Å². The van der Waals surface area contributed by atoms with Crippen molar-refractivity contribution in [2.24, 2.45) is 0 Å². The highest BCUT2D eigenvalue weighted by Crippen LogP contribution is 2.27. The Labute approximate surface area is 127 Å². The van der Waals surface area contributed by atoms with E-state index in [0.29, 0.717) is 17.0 Å². The second-order valence-electron chi connectivity index (χ2n) is 5.25. The maximum Gasteiger partial charge on any atom is 0.123 e. The number of aromatic nitrogens is 3. The standard InChI is InChI=1S/C17H16FN3O/c1-11-6-7-16(12(2)8-11)21-17(15(10-22)19-20-21)13-4-3-5-14(18)9-13/h3-9,22H,10H2,1-2H3. The molecular formula is C17H16FN3O. The molecule has 0 aliphatic rings. The van der Waals surface area contributed by atoms with Crippen molar-refractivity contribution in [2.75, 3.05) is 0 Å². The average Bonchev–Trinajstić information content (AvgIpc) is 2.91. The zero-order chi connectivity index (χ0) is 15.7. The third kappa shape index (κ3) is 2.51. The summed E-state index contributed by atoms with van der Waals surface area (Å²) in [5, 5.41) is 17.7. The van der Waals surface area contributed by atoms with E-state index < -0.39 is 0 Å². The number of rotatable bonds is 3. The van der Waals surface area contributed by atoms with Gasteiger partial charge in [0, 0.05) is 5.56 Å². The van der Waals surface area contributed by atoms with Crippen LogP contribution in [0.5, 0.6) is 0 Å². The van der Waals surface area contributed by atoms with Crippen LogP contribution in [-0.4, -0.2) is 20.1 Å². The van der Waals surface area contributed by atoms with E-state index in [1.165, 1.54) is 12.1 Å². The minimum atomic E-state index is -0.338. The van der Waals surface area contributed by atoms with Gasteiger partial charge in [0.2, 0.25) is 0 Å². The summed E-state index contributed by atoms with van der Waals surface area (Å²) in [6, 6.07) is 12.2. The number of hydrogen-bond donors (Lipinski definition) is 1. The molecular weight excluding hydrogens is 281 g/mol. The van der Waals surface area contributed by atoms with Crippen molar-refractivity contribution in [3.63, 3.8) is 0 Å². The van der Waals surface area contributed by atoms with Crippen molar-refractivity contribution in [2.45, 2.75) is 20.5 Å². The van der Waals surface area contributed by atoms with E-state index in [4.69, 9.17) is 0 Å². The lowest BCUT2D eigenvalue weighted by Crippen LogP contribution is -2.03. The van der Waals surface area contributed by atoms with Gasteiger partial charge in [0.15, 0.2) is 0 Å². The second kappa shape index (κ2) is 5.69. The van der Waals surface area contributed by atoms with Crippen molar-refractivity contribution in [1.29, 1.82) is 0 Å². The summed E-state index contributed by atoms with van der Waals surface area (Å²) >= 11 is 0. The van der Waals surface area contributed by atoms with Gasteiger partial charge in [0.25, 0.3) is 0 Å². The molecule has 5 heteroatoms. The Morgan fingerprint density at radius 2 is 1.95 bits per heavy atom. The van der Waals surface area contributed by atoms with Crippen LogP contribution in [0, 0.1) is 19.7 Å². The molecule has 0 spiro atoms. The summed E-state index contributed by atoms with van der Waals surface area (Å²) in [7, 11) is 0. The Kier molecular flexibility index (Phi) is 3.73. The fourth-order valence-corrected chi connectivity index (χ4v) is 2.56. The van der Waals surface area contributed by atoms with Gasteiger partial charge in [-0.3, -0.25) is 0 Å². The minimum absolute atomic E-state index is 0.253. The summed E-state index contributed by atoms with van der Waals surface area (Å²) in [5.74, 6) is -0.338. The van der Waals surface area contributed by atoms with Gasteiger partial charge in [-0.25, -0.2) is 9.07 Å². The predicted molar refractivity (Wildman–Crippen MR) is 82.1 cm³/mol. The van der Waals surface area contributed by atoms with Crippen LogP contribution in [0.4, 0.5) is 4.39 Å². The lowest BCUT2D eigenvalue weighted by molar-refractivity contribution is 0.277. The van der Waals surface area contributed by atoms with Crippen LogP contribution in [0.15, 0.2) is 42.5 Å². The third-order valence-corrected chi connectivity index (χ3v) is 3.57. The van der Waals surface area contributed by atoms with Gasteiger partial charge in [0.1, 0.15) is 17.2 Å². The van der Waals surface area contributed by atoms with Crippen LogP contribution in [0.25, 0.3) is 16.9 Å². The molecule has 0 saturated heterocycles. The lowest BCUT2D eigenvalue weighted by atomic mass is 10.1. The van der Waals surface area contributed by atoms with Crippen LogP contribution in [-0.2, 0) is 6.61 Å². The molecule has 1 N–H and O–H groups in total. The van der Waals surface area contributed by atoms with E-state index in [1.807, 2.05) is 32.0 Å². The number of nitrogens with zero attached hydrogens (tertiary/aromatic N) is 3. The van der Waals surface area contributed by atoms with Gasteiger partial charge in [-0.1, -0.05) is 35.0 Å². The Morgan fingerprint density at radius 3 is 2.64 bits per heavy atom. The molecule has 3 aromatic rings. The highest BCUT2D eigenvalue weighted by Gasteiger charge is 2.17. The van der Waals surface area contributed by atoms with E-state index >= 15 is 0 Å². The zero-order valence-electron chi connectivity index (χ0n) is 12.4. The molecule has 3 rings (SSSR count). The number of aliphatic hydroxyl groups is 1. The third-order valence-electron chi connectivity index (χ3n) is 3.57. The van der Waals surface area contributed by atoms with E-state index in [9.17, 15) is 9.50 Å². The Bertz CT molecular complexity index is 827. The van der Waals surface area contributed by atoms with Gasteiger partial charge in [0.05, 0.1) is 12.3 Å². The average molecular weight is 297 g/mol. The molecule has 0 saturated carbocycles. The molecule has 0 radical (unpaired) electrons. The molecule has 0 amide bonds. The summed E-state index contributed by atoms with van der Waals surface area (Å²) in [6.07, 6.45) is 0. The Hall–Kier alpha value is -2.53. The van der Waals surface area contributed by atoms with E-state index in [1.54, 1.807) is 16.8 Å². The molecule has 22 heavy (non-hydrogen) atoms. The van der Waals surface area contributed by atoms with Gasteiger partial charge >= 0.3 is 0 Å². The molecule has 0 bridgehead atoms. The van der Waals surface area contributed by atoms with Crippen molar-refractivity contribution in [3.8, 4) is 16.9 Å². The van der Waals surface area contributed by atoms with Crippen molar-refractivity contribution in [3.05, 3.63) is 65.1 Å². The molecule has 4 nitrogen and oxygen atoms in total. The smallest absolute Gasteiger partial charge is 0.123 e. The number of aryl methyl sites for hydroxylation is 2. The fraction of sp³-hybridized carbons (Fsp3) is 0.176. The summed E-state index contributed by atoms with van der Waals surface area (Å²) in [5.41, 5.74) is 4.70. The van der Waals surface area contributed by atoms with E-state index in [-0.39, 0.29) is 12.4 Å². The first-order chi connectivity index (χ1) is 10.6. The van der Waals surface area contributed by atoms with E-state index in [0.717, 1.165) is 16.8 Å². The largest absolute Gasteiger partial charge is 0.390 e.